The lowest BCUT2D eigenvalue weighted by atomic mass is 10.2. The average Bonchev–Trinajstić information content (AvgIpc) is 3.53. The fourth-order valence-electron chi connectivity index (χ4n) is 3.03. The first-order valence-electron chi connectivity index (χ1n) is 10.5. The lowest BCUT2D eigenvalue weighted by molar-refractivity contribution is -0.862. The van der Waals surface area contributed by atoms with Crippen LogP contribution in [-0.2, 0) is 9.59 Å². The number of ether oxygens (including phenoxy) is 1. The summed E-state index contributed by atoms with van der Waals surface area (Å²) in [7, 11) is 1.81. The number of rotatable bonds is 10. The number of hydrogen-bond acceptors (Lipinski definition) is 4. The van der Waals surface area contributed by atoms with E-state index in [1.165, 1.54) is 0 Å². The molecule has 3 amide bonds. The molecule has 31 heavy (non-hydrogen) atoms. The van der Waals surface area contributed by atoms with Crippen molar-refractivity contribution < 1.29 is 24.0 Å². The molecule has 0 aliphatic heterocycles. The first-order valence-corrected chi connectivity index (χ1v) is 10.5. The van der Waals surface area contributed by atoms with Gasteiger partial charge >= 0.3 is 0 Å². The van der Waals surface area contributed by atoms with Crippen LogP contribution in [0.15, 0.2) is 48.5 Å². The minimum absolute atomic E-state index is 0.0318. The predicted molar refractivity (Wildman–Crippen MR) is 118 cm³/mol. The smallest absolute Gasteiger partial charge is 0.279 e. The largest absolute Gasteiger partial charge is 0.494 e. The van der Waals surface area contributed by atoms with Crippen LogP contribution in [-0.4, -0.2) is 50.5 Å². The molecule has 164 valence electrons. The summed E-state index contributed by atoms with van der Waals surface area (Å²) in [6.07, 6.45) is 2.08. The number of benzene rings is 2. The van der Waals surface area contributed by atoms with E-state index in [9.17, 15) is 14.4 Å². The van der Waals surface area contributed by atoms with E-state index in [2.05, 4.69) is 16.0 Å². The summed E-state index contributed by atoms with van der Waals surface area (Å²) in [5.74, 6) is 0.281. The number of amides is 3. The van der Waals surface area contributed by atoms with Gasteiger partial charge in [-0.15, -0.1) is 0 Å². The maximum Gasteiger partial charge on any atom is 0.279 e. The lowest BCUT2D eigenvalue weighted by Crippen LogP contribution is -3.11. The van der Waals surface area contributed by atoms with Crippen molar-refractivity contribution in [1.29, 1.82) is 0 Å². The molecule has 1 aliphatic rings. The van der Waals surface area contributed by atoms with Crippen molar-refractivity contribution in [2.75, 3.05) is 37.4 Å². The molecule has 0 spiro atoms. The van der Waals surface area contributed by atoms with Gasteiger partial charge in [-0.3, -0.25) is 14.4 Å². The lowest BCUT2D eigenvalue weighted by Gasteiger charge is -2.13. The van der Waals surface area contributed by atoms with Gasteiger partial charge < -0.3 is 25.6 Å². The molecule has 0 heterocycles. The monoisotopic (exact) mass is 425 g/mol. The van der Waals surface area contributed by atoms with E-state index in [0.717, 1.165) is 23.5 Å². The molecule has 1 unspecified atom stereocenters. The SMILES string of the molecule is CCOc1ccc(NC(=O)c2ccc(NC(=O)C[NH+](C)CC(=O)NC3CC3)cc2)cc1. The van der Waals surface area contributed by atoms with Gasteiger partial charge in [0.1, 0.15) is 5.75 Å². The van der Waals surface area contributed by atoms with Gasteiger partial charge in [-0.05, 0) is 68.3 Å². The van der Waals surface area contributed by atoms with E-state index in [4.69, 9.17) is 4.74 Å². The number of nitrogens with one attached hydrogen (secondary N) is 4. The zero-order valence-corrected chi connectivity index (χ0v) is 17.9. The van der Waals surface area contributed by atoms with Crippen LogP contribution in [0.1, 0.15) is 30.1 Å². The molecule has 0 aromatic heterocycles. The van der Waals surface area contributed by atoms with Gasteiger partial charge in [0.2, 0.25) is 0 Å². The number of carbonyl (C=O) groups is 3. The summed E-state index contributed by atoms with van der Waals surface area (Å²) < 4.78 is 5.39. The van der Waals surface area contributed by atoms with Crippen molar-refractivity contribution in [2.45, 2.75) is 25.8 Å². The van der Waals surface area contributed by atoms with Crippen molar-refractivity contribution in [2.24, 2.45) is 0 Å². The maximum absolute atomic E-state index is 12.4. The van der Waals surface area contributed by atoms with Gasteiger partial charge in [0.15, 0.2) is 13.1 Å². The molecule has 1 fully saturated rings. The van der Waals surface area contributed by atoms with Gasteiger partial charge in [-0.25, -0.2) is 0 Å². The summed E-state index contributed by atoms with van der Waals surface area (Å²) >= 11 is 0. The Kier molecular flexibility index (Phi) is 7.61. The van der Waals surface area contributed by atoms with Gasteiger partial charge in [0.25, 0.3) is 17.7 Å². The fourth-order valence-corrected chi connectivity index (χ4v) is 3.03. The first-order chi connectivity index (χ1) is 14.9. The first kappa shape index (κ1) is 22.3. The molecule has 0 bridgehead atoms. The van der Waals surface area contributed by atoms with Crippen LogP contribution in [0.5, 0.6) is 5.75 Å². The summed E-state index contributed by atoms with van der Waals surface area (Å²) in [5, 5.41) is 8.54. The fraction of sp³-hybridized carbons (Fsp3) is 0.348. The number of quaternary nitrogens is 1. The third kappa shape index (κ3) is 7.42. The minimum atomic E-state index is -0.243. The highest BCUT2D eigenvalue weighted by Gasteiger charge is 2.24. The van der Waals surface area contributed by atoms with E-state index in [0.29, 0.717) is 29.6 Å². The van der Waals surface area contributed by atoms with E-state index in [1.807, 2.05) is 6.92 Å². The van der Waals surface area contributed by atoms with Crippen LogP contribution in [0.4, 0.5) is 11.4 Å². The molecule has 1 aliphatic carbocycles. The van der Waals surface area contributed by atoms with Gasteiger partial charge in [-0.2, -0.15) is 0 Å². The van der Waals surface area contributed by atoms with E-state index >= 15 is 0 Å². The highest BCUT2D eigenvalue weighted by Crippen LogP contribution is 2.18. The second-order valence-electron chi connectivity index (χ2n) is 7.69. The second kappa shape index (κ2) is 10.6. The quantitative estimate of drug-likeness (QED) is 0.457. The van der Waals surface area contributed by atoms with Crippen LogP contribution in [0.25, 0.3) is 0 Å². The number of anilines is 2. The Bertz CT molecular complexity index is 908. The molecule has 0 saturated heterocycles. The Labute approximate surface area is 182 Å². The Morgan fingerprint density at radius 3 is 2.10 bits per heavy atom. The molecule has 1 saturated carbocycles. The summed E-state index contributed by atoms with van der Waals surface area (Å²) in [5.41, 5.74) is 1.74. The van der Waals surface area contributed by atoms with E-state index in [-0.39, 0.29) is 30.8 Å². The van der Waals surface area contributed by atoms with Crippen molar-refractivity contribution >= 4 is 29.1 Å². The standard InChI is InChI=1S/C23H28N4O4/c1-3-31-20-12-10-19(11-13-20)26-23(30)16-4-6-17(7-5-16)24-21(28)14-27(2)15-22(29)25-18-8-9-18/h4-7,10-13,18H,3,8-9,14-15H2,1-2H3,(H,24,28)(H,25,29)(H,26,30)/p+1. The maximum atomic E-state index is 12.4. The Morgan fingerprint density at radius 2 is 1.48 bits per heavy atom. The Morgan fingerprint density at radius 1 is 0.903 bits per heavy atom. The van der Waals surface area contributed by atoms with Crippen molar-refractivity contribution in [3.63, 3.8) is 0 Å². The third-order valence-electron chi connectivity index (χ3n) is 4.72. The van der Waals surface area contributed by atoms with Crippen molar-refractivity contribution in [3.05, 3.63) is 54.1 Å². The molecule has 0 radical (unpaired) electrons. The highest BCUT2D eigenvalue weighted by atomic mass is 16.5. The number of hydrogen-bond donors (Lipinski definition) is 4. The number of carbonyl (C=O) groups excluding carboxylic acids is 3. The predicted octanol–water partition coefficient (Wildman–Crippen LogP) is 1.07. The molecule has 2 aromatic rings. The van der Waals surface area contributed by atoms with Crippen LogP contribution in [0.2, 0.25) is 0 Å². The van der Waals surface area contributed by atoms with Crippen LogP contribution < -0.4 is 25.6 Å². The normalized spacial score (nSPS) is 13.7. The van der Waals surface area contributed by atoms with E-state index < -0.39 is 0 Å². The zero-order chi connectivity index (χ0) is 22.2. The molecule has 2 aromatic carbocycles. The van der Waals surface area contributed by atoms with Gasteiger partial charge in [0.05, 0.1) is 13.7 Å². The molecular weight excluding hydrogens is 396 g/mol. The van der Waals surface area contributed by atoms with Crippen molar-refractivity contribution in [1.82, 2.24) is 5.32 Å². The van der Waals surface area contributed by atoms with E-state index in [1.54, 1.807) is 55.6 Å². The Balaban J connectivity index is 1.45. The topological polar surface area (TPSA) is 101 Å². The van der Waals surface area contributed by atoms with Gasteiger partial charge in [0, 0.05) is 23.0 Å². The van der Waals surface area contributed by atoms with Gasteiger partial charge in [-0.1, -0.05) is 0 Å². The van der Waals surface area contributed by atoms with Crippen LogP contribution in [0, 0.1) is 0 Å². The van der Waals surface area contributed by atoms with Crippen molar-refractivity contribution in [3.8, 4) is 5.75 Å². The third-order valence-corrected chi connectivity index (χ3v) is 4.72. The second-order valence-corrected chi connectivity index (χ2v) is 7.69. The molecule has 1 atom stereocenters. The summed E-state index contributed by atoms with van der Waals surface area (Å²) in [6, 6.07) is 14.1. The summed E-state index contributed by atoms with van der Waals surface area (Å²) in [4.78, 5) is 37.3. The molecular formula is C23H29N4O4+. The Hall–Kier alpha value is -3.39. The zero-order valence-electron chi connectivity index (χ0n) is 17.9. The molecule has 3 rings (SSSR count). The number of likely N-dealkylation sites (N-methyl/N-ethyl adjacent to an activating group) is 1. The molecule has 4 N–H and O–H groups in total. The molecule has 8 heteroatoms. The molecule has 8 nitrogen and oxygen atoms in total. The van der Waals surface area contributed by atoms with Crippen LogP contribution in [0.3, 0.4) is 0 Å². The summed E-state index contributed by atoms with van der Waals surface area (Å²) in [6.45, 7) is 2.93. The van der Waals surface area contributed by atoms with Crippen LogP contribution >= 0.6 is 0 Å². The highest BCUT2D eigenvalue weighted by molar-refractivity contribution is 6.04. The average molecular weight is 426 g/mol. The minimum Gasteiger partial charge on any atom is -0.494 e.